The Balaban J connectivity index is 0.000000212. The summed E-state index contributed by atoms with van der Waals surface area (Å²) in [5.41, 5.74) is 7.29. The summed E-state index contributed by atoms with van der Waals surface area (Å²) < 4.78 is 6.38. The average molecular weight is 779 g/mol. The van der Waals surface area contributed by atoms with E-state index < -0.39 is 0 Å². The van der Waals surface area contributed by atoms with Crippen LogP contribution < -0.4 is 0 Å². The van der Waals surface area contributed by atoms with Crippen molar-refractivity contribution >= 4 is 38.5 Å². The number of hydrogen-bond acceptors (Lipinski definition) is 4. The molecule has 3 aromatic carbocycles. The van der Waals surface area contributed by atoms with E-state index in [9.17, 15) is 9.90 Å². The second-order valence-electron chi connectivity index (χ2n) is 13.4. The molecule has 0 bridgehead atoms. The SMILES string of the molecule is Cc1[c-]c(-c2nccc3cc(CC(C)C)ccc23)c2oc3c(C)cccc3c2c1.O=C(/C=C(\O)C1CCCC1)C1CCCC1.[Ir]. The van der Waals surface area contributed by atoms with Gasteiger partial charge >= 0.3 is 0 Å². The molecule has 2 saturated carbocycles. The molecule has 237 valence electrons. The third-order valence-electron chi connectivity index (χ3n) is 9.39. The second kappa shape index (κ2) is 14.4. The Morgan fingerprint density at radius 3 is 2.36 bits per heavy atom. The average Bonchev–Trinajstić information content (AvgIpc) is 3.79. The molecule has 1 radical (unpaired) electrons. The Bertz CT molecular complexity index is 1840. The molecule has 0 saturated heterocycles. The number of pyridine rings is 1. The van der Waals surface area contributed by atoms with Gasteiger partial charge in [0.15, 0.2) is 5.78 Å². The van der Waals surface area contributed by atoms with Crippen LogP contribution in [0.1, 0.15) is 81.9 Å². The summed E-state index contributed by atoms with van der Waals surface area (Å²) in [6.07, 6.45) is 13.4. The topological polar surface area (TPSA) is 63.3 Å². The van der Waals surface area contributed by atoms with Crippen molar-refractivity contribution in [3.8, 4) is 11.3 Å². The Kier molecular flexibility index (Phi) is 10.6. The van der Waals surface area contributed by atoms with Gasteiger partial charge in [0.2, 0.25) is 0 Å². The molecule has 5 aromatic rings. The van der Waals surface area contributed by atoms with Crippen molar-refractivity contribution in [3.05, 3.63) is 89.3 Å². The minimum absolute atomic E-state index is 0. The zero-order valence-electron chi connectivity index (χ0n) is 26.9. The molecule has 1 N–H and O–H groups in total. The molecule has 2 aliphatic carbocycles. The first-order valence-corrected chi connectivity index (χ1v) is 16.5. The van der Waals surface area contributed by atoms with E-state index in [4.69, 9.17) is 9.40 Å². The molecule has 2 aliphatic rings. The maximum atomic E-state index is 11.8. The number of benzene rings is 3. The summed E-state index contributed by atoms with van der Waals surface area (Å²) in [5.74, 6) is 1.63. The van der Waals surface area contributed by atoms with Crippen LogP contribution in [0.2, 0.25) is 0 Å². The molecular formula is C40H44IrNO3-. The number of aryl methyl sites for hydroxylation is 2. The van der Waals surface area contributed by atoms with E-state index in [1.807, 2.05) is 6.20 Å². The van der Waals surface area contributed by atoms with Crippen molar-refractivity contribution in [1.29, 1.82) is 0 Å². The van der Waals surface area contributed by atoms with Crippen molar-refractivity contribution in [2.24, 2.45) is 17.8 Å². The fourth-order valence-electron chi connectivity index (χ4n) is 7.12. The number of aromatic nitrogens is 1. The number of hydrogen-bond donors (Lipinski definition) is 1. The van der Waals surface area contributed by atoms with Crippen LogP contribution in [0.25, 0.3) is 44.0 Å². The Morgan fingerprint density at radius 1 is 0.933 bits per heavy atom. The third kappa shape index (κ3) is 7.26. The third-order valence-corrected chi connectivity index (χ3v) is 9.39. The van der Waals surface area contributed by atoms with Crippen LogP contribution in [0.4, 0.5) is 0 Å². The van der Waals surface area contributed by atoms with Gasteiger partial charge in [0.25, 0.3) is 0 Å². The summed E-state index contributed by atoms with van der Waals surface area (Å²) in [7, 11) is 0. The zero-order valence-corrected chi connectivity index (χ0v) is 29.3. The smallest absolute Gasteiger partial charge is 0.162 e. The number of furan rings is 1. The van der Waals surface area contributed by atoms with Crippen molar-refractivity contribution in [1.82, 2.24) is 4.98 Å². The van der Waals surface area contributed by atoms with Crippen molar-refractivity contribution in [2.75, 3.05) is 0 Å². The maximum absolute atomic E-state index is 11.8. The van der Waals surface area contributed by atoms with Crippen LogP contribution in [0.5, 0.6) is 0 Å². The second-order valence-corrected chi connectivity index (χ2v) is 13.4. The van der Waals surface area contributed by atoms with Gasteiger partial charge in [0, 0.05) is 49.6 Å². The fourth-order valence-corrected chi connectivity index (χ4v) is 7.12. The molecule has 45 heavy (non-hydrogen) atoms. The van der Waals surface area contributed by atoms with Crippen molar-refractivity contribution in [3.63, 3.8) is 0 Å². The first-order chi connectivity index (χ1) is 21.3. The number of aliphatic hydroxyl groups is 1. The minimum atomic E-state index is 0. The van der Waals surface area contributed by atoms with Crippen LogP contribution >= 0.6 is 0 Å². The molecule has 5 heteroatoms. The molecule has 0 unspecified atom stereocenters. The van der Waals surface area contributed by atoms with E-state index in [1.54, 1.807) is 0 Å². The predicted octanol–water partition coefficient (Wildman–Crippen LogP) is 10.8. The first kappa shape index (κ1) is 33.1. The monoisotopic (exact) mass is 779 g/mol. The van der Waals surface area contributed by atoms with Gasteiger partial charge in [-0.3, -0.25) is 4.79 Å². The van der Waals surface area contributed by atoms with Gasteiger partial charge in [-0.25, -0.2) is 0 Å². The summed E-state index contributed by atoms with van der Waals surface area (Å²) in [4.78, 5) is 16.5. The van der Waals surface area contributed by atoms with E-state index in [0.717, 1.165) is 81.8 Å². The first-order valence-electron chi connectivity index (χ1n) is 16.5. The van der Waals surface area contributed by atoms with Gasteiger partial charge in [-0.15, -0.1) is 17.7 Å². The van der Waals surface area contributed by atoms with E-state index in [0.29, 0.717) is 11.7 Å². The molecule has 0 spiro atoms. The van der Waals surface area contributed by atoms with Crippen molar-refractivity contribution in [2.45, 2.75) is 85.5 Å². The van der Waals surface area contributed by atoms with Gasteiger partial charge < -0.3 is 14.5 Å². The molecule has 2 aromatic heterocycles. The van der Waals surface area contributed by atoms with Crippen molar-refractivity contribution < 1.29 is 34.4 Å². The van der Waals surface area contributed by atoms with Crippen LogP contribution in [0, 0.1) is 37.7 Å². The molecule has 2 heterocycles. The van der Waals surface area contributed by atoms with Crippen LogP contribution in [0.3, 0.4) is 0 Å². The summed E-state index contributed by atoms with van der Waals surface area (Å²) >= 11 is 0. The number of carbonyl (C=O) groups is 1. The number of rotatable bonds is 6. The van der Waals surface area contributed by atoms with Gasteiger partial charge in [-0.05, 0) is 78.6 Å². The number of ketones is 1. The Hall–Kier alpha value is -3.27. The van der Waals surface area contributed by atoms with Crippen LogP contribution in [-0.2, 0) is 31.3 Å². The number of aliphatic hydroxyl groups excluding tert-OH is 1. The molecule has 7 rings (SSSR count). The zero-order chi connectivity index (χ0) is 30.8. The summed E-state index contributed by atoms with van der Waals surface area (Å²) in [6, 6.07) is 20.8. The number of para-hydroxylation sites is 1. The Labute approximate surface area is 280 Å². The number of nitrogens with zero attached hydrogens (tertiary/aromatic N) is 1. The quantitative estimate of drug-likeness (QED) is 0.106. The molecule has 2 fully saturated rings. The molecule has 0 aliphatic heterocycles. The minimum Gasteiger partial charge on any atom is -0.512 e. The van der Waals surface area contributed by atoms with Gasteiger partial charge in [-0.1, -0.05) is 93.8 Å². The van der Waals surface area contributed by atoms with Crippen LogP contribution in [-0.4, -0.2) is 15.9 Å². The van der Waals surface area contributed by atoms with Gasteiger partial charge in [0.1, 0.15) is 5.58 Å². The number of allylic oxidation sites excluding steroid dienone is 2. The standard InChI is InChI=1S/C27H24NO.C13H20O2.Ir/c1-16(2)12-19-8-9-21-20(15-19)10-11-28-25(21)24-14-17(3)13-23-22-7-5-6-18(4)26(22)29-27(23)24;14-12(10-5-1-2-6-10)9-13(15)11-7-3-4-8-11;/h5-11,13,15-16H,12H2,1-4H3;9-11,14H,1-8H2;/q-1;;/b;12-9-;. The molecule has 4 nitrogen and oxygen atoms in total. The van der Waals surface area contributed by atoms with E-state index in [2.05, 4.69) is 82.3 Å². The van der Waals surface area contributed by atoms with Gasteiger partial charge in [-0.2, -0.15) is 0 Å². The van der Waals surface area contributed by atoms with Gasteiger partial charge in [0.05, 0.1) is 11.3 Å². The molecule has 0 atom stereocenters. The number of fused-ring (bicyclic) bond motifs is 4. The predicted molar refractivity (Wildman–Crippen MR) is 181 cm³/mol. The van der Waals surface area contributed by atoms with E-state index >= 15 is 0 Å². The van der Waals surface area contributed by atoms with Crippen LogP contribution in [0.15, 0.2) is 71.0 Å². The Morgan fingerprint density at radius 2 is 1.64 bits per heavy atom. The summed E-state index contributed by atoms with van der Waals surface area (Å²) in [6.45, 7) is 8.69. The van der Waals surface area contributed by atoms with E-state index in [-0.39, 0.29) is 37.7 Å². The van der Waals surface area contributed by atoms with E-state index in [1.165, 1.54) is 42.7 Å². The fraction of sp³-hybridized carbons (Fsp3) is 0.400. The largest absolute Gasteiger partial charge is 0.512 e. The number of carbonyl (C=O) groups excluding carboxylic acids is 1. The molecule has 0 amide bonds. The molecular weight excluding hydrogens is 735 g/mol. The summed E-state index contributed by atoms with van der Waals surface area (Å²) in [5, 5.41) is 14.5. The normalized spacial score (nSPS) is 16.0. The maximum Gasteiger partial charge on any atom is 0.162 e.